The first-order valence-electron chi connectivity index (χ1n) is 7.70. The number of fused-ring (bicyclic) bond motifs is 1. The first-order valence-corrected chi connectivity index (χ1v) is 7.70. The Hall–Kier alpha value is -1.75. The van der Waals surface area contributed by atoms with Gasteiger partial charge in [0.1, 0.15) is 5.75 Å². The second-order valence-corrected chi connectivity index (χ2v) is 6.32. The van der Waals surface area contributed by atoms with Crippen LogP contribution >= 0.6 is 0 Å². The minimum Gasteiger partial charge on any atom is -0.508 e. The highest BCUT2D eigenvalue weighted by Crippen LogP contribution is 2.23. The quantitative estimate of drug-likeness (QED) is 0.910. The summed E-state index contributed by atoms with van der Waals surface area (Å²) in [6, 6.07) is 5.65. The third-order valence-corrected chi connectivity index (χ3v) is 4.58. The zero-order valence-corrected chi connectivity index (χ0v) is 12.7. The lowest BCUT2D eigenvalue weighted by Crippen LogP contribution is -2.39. The van der Waals surface area contributed by atoms with Crippen LogP contribution in [0.15, 0.2) is 23.0 Å². The lowest BCUT2D eigenvalue weighted by atomic mass is 9.96. The molecule has 1 aromatic carbocycles. The van der Waals surface area contributed by atoms with E-state index in [0.29, 0.717) is 17.5 Å². The van der Waals surface area contributed by atoms with Crippen molar-refractivity contribution in [2.24, 2.45) is 5.92 Å². The number of imidazole rings is 1. The van der Waals surface area contributed by atoms with Crippen molar-refractivity contribution >= 4 is 11.0 Å². The first kappa shape index (κ1) is 14.2. The Morgan fingerprint density at radius 3 is 2.71 bits per heavy atom. The van der Waals surface area contributed by atoms with E-state index in [-0.39, 0.29) is 11.4 Å². The molecule has 114 valence electrons. The van der Waals surface area contributed by atoms with Gasteiger partial charge in [-0.05, 0) is 57.8 Å². The lowest BCUT2D eigenvalue weighted by molar-refractivity contribution is 0.142. The molecule has 21 heavy (non-hydrogen) atoms. The summed E-state index contributed by atoms with van der Waals surface area (Å²) in [5, 5.41) is 9.50. The van der Waals surface area contributed by atoms with Crippen LogP contribution in [0.5, 0.6) is 5.75 Å². The van der Waals surface area contributed by atoms with Gasteiger partial charge in [0.15, 0.2) is 0 Å². The molecule has 1 fully saturated rings. The fourth-order valence-electron chi connectivity index (χ4n) is 3.24. The summed E-state index contributed by atoms with van der Waals surface area (Å²) in [7, 11) is 0. The Morgan fingerprint density at radius 1 is 1.33 bits per heavy atom. The fourth-order valence-corrected chi connectivity index (χ4v) is 3.24. The number of likely N-dealkylation sites (tertiary alicyclic amines) is 1. The molecular formula is C16H23N3O2. The Morgan fingerprint density at radius 2 is 2.05 bits per heavy atom. The number of rotatable bonds is 3. The Kier molecular flexibility index (Phi) is 3.76. The van der Waals surface area contributed by atoms with Crippen LogP contribution in [0, 0.1) is 5.92 Å². The van der Waals surface area contributed by atoms with E-state index >= 15 is 0 Å². The molecule has 0 bridgehead atoms. The van der Waals surface area contributed by atoms with Crippen LogP contribution in [0.2, 0.25) is 0 Å². The average molecular weight is 289 g/mol. The second kappa shape index (κ2) is 5.56. The highest BCUT2D eigenvalue weighted by molar-refractivity contribution is 5.76. The minimum atomic E-state index is -0.0816. The van der Waals surface area contributed by atoms with E-state index in [9.17, 15) is 9.90 Å². The second-order valence-electron chi connectivity index (χ2n) is 6.32. The zero-order valence-electron chi connectivity index (χ0n) is 12.7. The summed E-state index contributed by atoms with van der Waals surface area (Å²) in [5.41, 5.74) is 1.51. The van der Waals surface area contributed by atoms with Gasteiger partial charge in [-0.1, -0.05) is 0 Å². The molecule has 2 aromatic rings. The van der Waals surface area contributed by atoms with Crippen molar-refractivity contribution in [3.05, 3.63) is 28.7 Å². The van der Waals surface area contributed by atoms with Crippen LogP contribution in [-0.4, -0.2) is 38.7 Å². The summed E-state index contributed by atoms with van der Waals surface area (Å²) >= 11 is 0. The van der Waals surface area contributed by atoms with E-state index in [1.54, 1.807) is 12.1 Å². The van der Waals surface area contributed by atoms with Gasteiger partial charge in [0.05, 0.1) is 11.0 Å². The molecule has 5 nitrogen and oxygen atoms in total. The van der Waals surface area contributed by atoms with Crippen molar-refractivity contribution in [1.29, 1.82) is 0 Å². The standard InChI is InChI=1S/C16H23N3O2/c1-11(2)18-7-5-12(6-8-18)10-19-15-4-3-13(20)9-14(15)17-16(19)21/h3-4,9,11-12,20H,5-8,10H2,1-2H3,(H,17,21). The molecule has 0 radical (unpaired) electrons. The largest absolute Gasteiger partial charge is 0.508 e. The van der Waals surface area contributed by atoms with Crippen LogP contribution in [-0.2, 0) is 6.54 Å². The molecule has 2 heterocycles. The normalized spacial score (nSPS) is 17.9. The molecule has 1 aliphatic rings. The highest BCUT2D eigenvalue weighted by Gasteiger charge is 2.22. The van der Waals surface area contributed by atoms with E-state index in [0.717, 1.165) is 38.0 Å². The van der Waals surface area contributed by atoms with Gasteiger partial charge in [-0.25, -0.2) is 4.79 Å². The molecule has 0 unspecified atom stereocenters. The van der Waals surface area contributed by atoms with Crippen molar-refractivity contribution < 1.29 is 5.11 Å². The van der Waals surface area contributed by atoms with Crippen LogP contribution in [0.1, 0.15) is 26.7 Å². The summed E-state index contributed by atoms with van der Waals surface area (Å²) in [5.74, 6) is 0.728. The molecule has 1 aliphatic heterocycles. The number of piperidine rings is 1. The maximum Gasteiger partial charge on any atom is 0.326 e. The monoisotopic (exact) mass is 289 g/mol. The summed E-state index contributed by atoms with van der Waals surface area (Å²) in [6.45, 7) is 7.45. The summed E-state index contributed by atoms with van der Waals surface area (Å²) in [6.07, 6.45) is 2.27. The van der Waals surface area contributed by atoms with Crippen LogP contribution in [0.25, 0.3) is 11.0 Å². The predicted octanol–water partition coefficient (Wildman–Crippen LogP) is 2.16. The van der Waals surface area contributed by atoms with Gasteiger partial charge in [0.25, 0.3) is 0 Å². The summed E-state index contributed by atoms with van der Waals surface area (Å²) < 4.78 is 1.81. The number of aromatic nitrogens is 2. The molecule has 0 spiro atoms. The van der Waals surface area contributed by atoms with Gasteiger partial charge >= 0.3 is 5.69 Å². The van der Waals surface area contributed by atoms with Gasteiger partial charge < -0.3 is 15.0 Å². The molecule has 0 atom stereocenters. The molecular weight excluding hydrogens is 266 g/mol. The molecule has 3 rings (SSSR count). The van der Waals surface area contributed by atoms with Gasteiger partial charge in [-0.3, -0.25) is 4.57 Å². The minimum absolute atomic E-state index is 0.0816. The van der Waals surface area contributed by atoms with Crippen molar-refractivity contribution in [3.63, 3.8) is 0 Å². The van der Waals surface area contributed by atoms with E-state index in [1.165, 1.54) is 0 Å². The third kappa shape index (κ3) is 2.83. The molecule has 1 aromatic heterocycles. The number of phenolic OH excluding ortho intramolecular Hbond substituents is 1. The predicted molar refractivity (Wildman–Crippen MR) is 83.7 cm³/mol. The molecule has 0 saturated carbocycles. The molecule has 0 aliphatic carbocycles. The number of nitrogens with one attached hydrogen (secondary N) is 1. The van der Waals surface area contributed by atoms with Gasteiger partial charge in [-0.15, -0.1) is 0 Å². The number of nitrogens with zero attached hydrogens (tertiary/aromatic N) is 2. The molecule has 2 N–H and O–H groups in total. The van der Waals surface area contributed by atoms with Crippen molar-refractivity contribution in [1.82, 2.24) is 14.5 Å². The van der Waals surface area contributed by atoms with Crippen molar-refractivity contribution in [3.8, 4) is 5.75 Å². The SMILES string of the molecule is CC(C)N1CCC(Cn2c(=O)[nH]c3cc(O)ccc32)CC1. The average Bonchev–Trinajstić information content (AvgIpc) is 2.75. The highest BCUT2D eigenvalue weighted by atomic mass is 16.3. The molecule has 1 saturated heterocycles. The van der Waals surface area contributed by atoms with E-state index in [1.807, 2.05) is 10.6 Å². The fraction of sp³-hybridized carbons (Fsp3) is 0.562. The van der Waals surface area contributed by atoms with E-state index < -0.39 is 0 Å². The van der Waals surface area contributed by atoms with Crippen LogP contribution in [0.3, 0.4) is 0 Å². The van der Waals surface area contributed by atoms with Crippen LogP contribution in [0.4, 0.5) is 0 Å². The smallest absolute Gasteiger partial charge is 0.326 e. The zero-order chi connectivity index (χ0) is 15.0. The van der Waals surface area contributed by atoms with Gasteiger partial charge in [0.2, 0.25) is 0 Å². The number of phenols is 1. The van der Waals surface area contributed by atoms with Crippen molar-refractivity contribution in [2.75, 3.05) is 13.1 Å². The Bertz CT molecular complexity index is 678. The number of H-pyrrole nitrogens is 1. The third-order valence-electron chi connectivity index (χ3n) is 4.58. The lowest BCUT2D eigenvalue weighted by Gasteiger charge is -2.34. The van der Waals surface area contributed by atoms with Gasteiger partial charge in [-0.2, -0.15) is 0 Å². The maximum atomic E-state index is 12.1. The molecule has 5 heteroatoms. The number of aromatic hydroxyl groups is 1. The number of hydrogen-bond donors (Lipinski definition) is 2. The van der Waals surface area contributed by atoms with Gasteiger partial charge in [0, 0.05) is 18.7 Å². The maximum absolute atomic E-state index is 12.1. The number of hydrogen-bond acceptors (Lipinski definition) is 3. The number of benzene rings is 1. The number of aromatic amines is 1. The topological polar surface area (TPSA) is 61.3 Å². The first-order chi connectivity index (χ1) is 10.0. The Balaban J connectivity index is 1.77. The Labute approximate surface area is 124 Å². The summed E-state index contributed by atoms with van der Waals surface area (Å²) in [4.78, 5) is 17.4. The molecule has 0 amide bonds. The van der Waals surface area contributed by atoms with E-state index in [2.05, 4.69) is 23.7 Å². The van der Waals surface area contributed by atoms with Crippen LogP contribution < -0.4 is 5.69 Å². The van der Waals surface area contributed by atoms with Crippen molar-refractivity contribution in [2.45, 2.75) is 39.3 Å². The van der Waals surface area contributed by atoms with E-state index in [4.69, 9.17) is 0 Å².